The van der Waals surface area contributed by atoms with Crippen LogP contribution in [0.1, 0.15) is 22.7 Å². The summed E-state index contributed by atoms with van der Waals surface area (Å²) in [7, 11) is 3.53. The Labute approximate surface area is 158 Å². The molecule has 134 valence electrons. The summed E-state index contributed by atoms with van der Waals surface area (Å²) in [4.78, 5) is 15.6. The first-order chi connectivity index (χ1) is 13.2. The molecule has 0 bridgehead atoms. The Morgan fingerprint density at radius 3 is 2.74 bits per heavy atom. The summed E-state index contributed by atoms with van der Waals surface area (Å²) in [6, 6.07) is 20.2. The maximum absolute atomic E-state index is 13.8. The second-order valence-electron chi connectivity index (χ2n) is 7.06. The molecule has 0 N–H and O–H groups in total. The van der Waals surface area contributed by atoms with Crippen molar-refractivity contribution >= 4 is 17.7 Å². The van der Waals surface area contributed by atoms with Gasteiger partial charge in [-0.3, -0.25) is 4.79 Å². The topological polar surface area (TPSA) is 34.5 Å². The normalized spacial score (nSPS) is 22.8. The van der Waals surface area contributed by atoms with Crippen LogP contribution >= 0.6 is 0 Å². The Morgan fingerprint density at radius 1 is 1.04 bits per heavy atom. The van der Waals surface area contributed by atoms with Crippen molar-refractivity contribution in [2.75, 3.05) is 19.1 Å². The first-order valence-electron chi connectivity index (χ1n) is 9.05. The van der Waals surface area contributed by atoms with Gasteiger partial charge >= 0.3 is 0 Å². The Hall–Kier alpha value is -3.27. The van der Waals surface area contributed by atoms with Crippen molar-refractivity contribution < 1.29 is 9.53 Å². The molecular weight excluding hydrogens is 336 g/mol. The van der Waals surface area contributed by atoms with Gasteiger partial charge in [-0.15, -0.1) is 0 Å². The van der Waals surface area contributed by atoms with Crippen LogP contribution in [0.25, 0.3) is 6.08 Å². The van der Waals surface area contributed by atoms with Gasteiger partial charge in [0.15, 0.2) is 5.54 Å². The number of aromatic nitrogens is 1. The van der Waals surface area contributed by atoms with E-state index in [4.69, 9.17) is 4.74 Å². The molecule has 0 aliphatic carbocycles. The highest BCUT2D eigenvalue weighted by Crippen LogP contribution is 2.53. The number of hydrogen-bond donors (Lipinski definition) is 0. The molecule has 1 aromatic heterocycles. The zero-order valence-corrected chi connectivity index (χ0v) is 15.3. The number of ether oxygens (including phenoxy) is 1. The predicted octanol–water partition coefficient (Wildman–Crippen LogP) is 4.03. The Balaban J connectivity index is 1.84. The molecule has 3 heterocycles. The van der Waals surface area contributed by atoms with Crippen molar-refractivity contribution in [2.24, 2.45) is 0 Å². The van der Waals surface area contributed by atoms with Crippen LogP contribution in [-0.2, 0) is 10.3 Å². The Kier molecular flexibility index (Phi) is 3.31. The van der Waals surface area contributed by atoms with Crippen molar-refractivity contribution in [1.82, 2.24) is 4.57 Å². The van der Waals surface area contributed by atoms with E-state index in [-0.39, 0.29) is 11.8 Å². The number of benzene rings is 2. The lowest BCUT2D eigenvalue weighted by Crippen LogP contribution is -2.50. The number of para-hydroxylation sites is 1. The third-order valence-corrected chi connectivity index (χ3v) is 5.83. The van der Waals surface area contributed by atoms with Gasteiger partial charge in [-0.2, -0.15) is 0 Å². The Bertz CT molecular complexity index is 1080. The highest BCUT2D eigenvalue weighted by molar-refractivity contribution is 6.09. The van der Waals surface area contributed by atoms with Gasteiger partial charge in [0, 0.05) is 36.1 Å². The first-order valence-corrected chi connectivity index (χ1v) is 9.05. The smallest absolute Gasteiger partial charge is 0.258 e. The zero-order chi connectivity index (χ0) is 18.6. The Morgan fingerprint density at radius 2 is 1.89 bits per heavy atom. The maximum atomic E-state index is 13.8. The van der Waals surface area contributed by atoms with Crippen molar-refractivity contribution in [1.29, 1.82) is 0 Å². The third kappa shape index (κ3) is 1.95. The summed E-state index contributed by atoms with van der Waals surface area (Å²) in [5, 5.41) is 0. The largest absolute Gasteiger partial charge is 0.497 e. The van der Waals surface area contributed by atoms with E-state index < -0.39 is 5.54 Å². The number of allylic oxidation sites excluding steroid dienone is 1. The fraction of sp³-hybridized carbons (Fsp3) is 0.174. The van der Waals surface area contributed by atoms with Gasteiger partial charge in [-0.05, 0) is 42.0 Å². The van der Waals surface area contributed by atoms with E-state index in [1.54, 1.807) is 12.0 Å². The summed E-state index contributed by atoms with van der Waals surface area (Å²) < 4.78 is 7.57. The molecule has 0 radical (unpaired) electrons. The number of rotatable bonds is 2. The third-order valence-electron chi connectivity index (χ3n) is 5.83. The van der Waals surface area contributed by atoms with Crippen molar-refractivity contribution in [2.45, 2.75) is 11.5 Å². The lowest BCUT2D eigenvalue weighted by molar-refractivity contribution is -0.124. The summed E-state index contributed by atoms with van der Waals surface area (Å²) >= 11 is 0. The molecule has 0 fully saturated rings. The fourth-order valence-electron chi connectivity index (χ4n) is 4.62. The molecule has 0 saturated carbocycles. The van der Waals surface area contributed by atoms with Gasteiger partial charge in [0.25, 0.3) is 5.91 Å². The SMILES string of the molecule is COc1cccc([C@@H]2C=Cc3cccn3[C@]23C(=O)N(C)c2ccccc23)c1. The number of likely N-dealkylation sites (N-methyl/N-ethyl adjacent to an activating group) is 1. The minimum absolute atomic E-state index is 0.0818. The van der Waals surface area contributed by atoms with E-state index in [1.807, 2.05) is 61.8 Å². The number of amides is 1. The van der Waals surface area contributed by atoms with Crippen LogP contribution in [0.4, 0.5) is 5.69 Å². The highest BCUT2D eigenvalue weighted by atomic mass is 16.5. The molecule has 2 atom stereocenters. The van der Waals surface area contributed by atoms with Crippen LogP contribution in [0.3, 0.4) is 0 Å². The second kappa shape index (κ2) is 5.61. The van der Waals surface area contributed by atoms with E-state index in [9.17, 15) is 4.79 Å². The van der Waals surface area contributed by atoms with E-state index in [1.165, 1.54) is 0 Å². The molecule has 1 amide bonds. The summed E-state index contributed by atoms with van der Waals surface area (Å²) in [5.74, 6) is 0.742. The number of hydrogen-bond acceptors (Lipinski definition) is 2. The van der Waals surface area contributed by atoms with Gasteiger partial charge < -0.3 is 14.2 Å². The molecule has 0 unspecified atom stereocenters. The number of methoxy groups -OCH3 is 1. The maximum Gasteiger partial charge on any atom is 0.258 e. The molecule has 27 heavy (non-hydrogen) atoms. The quantitative estimate of drug-likeness (QED) is 0.695. The molecule has 2 aliphatic rings. The lowest BCUT2D eigenvalue weighted by Gasteiger charge is -2.40. The summed E-state index contributed by atoms with van der Waals surface area (Å²) in [5.41, 5.74) is 3.26. The number of fused-ring (bicyclic) bond motifs is 4. The molecule has 2 aromatic carbocycles. The minimum atomic E-state index is -0.828. The van der Waals surface area contributed by atoms with Crippen LogP contribution in [0, 0.1) is 0 Å². The van der Waals surface area contributed by atoms with Crippen molar-refractivity contribution in [3.63, 3.8) is 0 Å². The van der Waals surface area contributed by atoms with Crippen molar-refractivity contribution in [3.8, 4) is 5.75 Å². The van der Waals surface area contributed by atoms with Crippen LogP contribution in [0.5, 0.6) is 5.75 Å². The fourth-order valence-corrected chi connectivity index (χ4v) is 4.62. The van der Waals surface area contributed by atoms with Gasteiger partial charge in [0.05, 0.1) is 7.11 Å². The average Bonchev–Trinajstić information content (AvgIpc) is 3.28. The molecule has 5 rings (SSSR count). The van der Waals surface area contributed by atoms with Gasteiger partial charge in [-0.25, -0.2) is 0 Å². The molecule has 1 spiro atoms. The van der Waals surface area contributed by atoms with E-state index >= 15 is 0 Å². The molecule has 0 saturated heterocycles. The van der Waals surface area contributed by atoms with Crippen LogP contribution in [0.15, 0.2) is 72.9 Å². The standard InChI is InChI=1S/C23H20N2O2/c1-24-21-11-4-3-10-20(21)23(22(24)26)19(13-12-17-8-6-14-25(17)23)16-7-5-9-18(15-16)27-2/h3-15,19H,1-2H3/t19-,23+/m0/s1. The summed E-state index contributed by atoms with van der Waals surface area (Å²) in [6.07, 6.45) is 6.27. The van der Waals surface area contributed by atoms with E-state index in [2.05, 4.69) is 28.9 Å². The number of anilines is 1. The first kappa shape index (κ1) is 15.9. The number of carbonyl (C=O) groups is 1. The predicted molar refractivity (Wildman–Crippen MR) is 106 cm³/mol. The zero-order valence-electron chi connectivity index (χ0n) is 15.3. The average molecular weight is 356 g/mol. The molecule has 4 nitrogen and oxygen atoms in total. The van der Waals surface area contributed by atoms with Gasteiger partial charge in [-0.1, -0.05) is 36.4 Å². The molecule has 3 aromatic rings. The lowest BCUT2D eigenvalue weighted by atomic mass is 9.73. The van der Waals surface area contributed by atoms with Crippen molar-refractivity contribution in [3.05, 3.63) is 89.8 Å². The van der Waals surface area contributed by atoms with E-state index in [0.717, 1.165) is 28.3 Å². The molecular formula is C23H20N2O2. The van der Waals surface area contributed by atoms with Crippen LogP contribution in [0.2, 0.25) is 0 Å². The van der Waals surface area contributed by atoms with Crippen LogP contribution in [-0.4, -0.2) is 24.6 Å². The van der Waals surface area contributed by atoms with Gasteiger partial charge in [0.1, 0.15) is 5.75 Å². The van der Waals surface area contributed by atoms with E-state index in [0.29, 0.717) is 0 Å². The highest BCUT2D eigenvalue weighted by Gasteiger charge is 2.57. The monoisotopic (exact) mass is 356 g/mol. The second-order valence-corrected chi connectivity index (χ2v) is 7.06. The van der Waals surface area contributed by atoms with Gasteiger partial charge in [0.2, 0.25) is 0 Å². The number of carbonyl (C=O) groups excluding carboxylic acids is 1. The number of nitrogens with zero attached hydrogens (tertiary/aromatic N) is 2. The van der Waals surface area contributed by atoms with Crippen LogP contribution < -0.4 is 9.64 Å². The molecule has 2 aliphatic heterocycles. The summed E-state index contributed by atoms with van der Waals surface area (Å²) in [6.45, 7) is 0. The minimum Gasteiger partial charge on any atom is -0.497 e. The molecule has 4 heteroatoms.